The monoisotopic (exact) mass is 634 g/mol. The number of nitrogens with one attached hydrogen (secondary N) is 2. The molecule has 14 heteroatoms. The van der Waals surface area contributed by atoms with E-state index < -0.39 is 65.2 Å². The van der Waals surface area contributed by atoms with Gasteiger partial charge in [0.1, 0.15) is 35.2 Å². The van der Waals surface area contributed by atoms with Gasteiger partial charge in [0.05, 0.1) is 19.3 Å². The van der Waals surface area contributed by atoms with Crippen molar-refractivity contribution in [2.24, 2.45) is 5.92 Å². The lowest BCUT2D eigenvalue weighted by Gasteiger charge is -2.29. The fourth-order valence-corrected chi connectivity index (χ4v) is 6.52. The van der Waals surface area contributed by atoms with Crippen LogP contribution in [-0.2, 0) is 32.2 Å². The Balaban J connectivity index is 1.24. The highest BCUT2D eigenvalue weighted by Gasteiger charge is 2.61. The van der Waals surface area contributed by atoms with Gasteiger partial charge < -0.3 is 25.4 Å². The lowest BCUT2D eigenvalue weighted by Crippen LogP contribution is -2.56. The van der Waals surface area contributed by atoms with Crippen molar-refractivity contribution >= 4 is 29.8 Å². The van der Waals surface area contributed by atoms with Gasteiger partial charge >= 0.3 is 12.1 Å². The molecule has 1 saturated carbocycles. The second-order valence-corrected chi connectivity index (χ2v) is 12.2. The van der Waals surface area contributed by atoms with Crippen LogP contribution >= 0.6 is 0 Å². The summed E-state index contributed by atoms with van der Waals surface area (Å²) in [5.74, 6) is -3.84. The molecule has 0 radical (unpaired) electrons. The Hall–Kier alpha value is -4.88. The van der Waals surface area contributed by atoms with Gasteiger partial charge in [-0.3, -0.25) is 24.3 Å². The number of carboxylic acid groups (broad SMARTS) is 1. The van der Waals surface area contributed by atoms with Crippen molar-refractivity contribution in [2.75, 3.05) is 6.54 Å². The highest BCUT2D eigenvalue weighted by atomic mass is 19.1. The molecule has 4 amide bonds. The summed E-state index contributed by atoms with van der Waals surface area (Å²) in [6.07, 6.45) is 9.42. The molecule has 1 aromatic heterocycles. The fraction of sp³-hybridized carbons (Fsp3) is 0.469. The number of hydrogen-bond acceptors (Lipinski definition) is 8. The minimum atomic E-state index is -1.50. The van der Waals surface area contributed by atoms with Gasteiger partial charge in [-0.05, 0) is 37.3 Å². The van der Waals surface area contributed by atoms with Crippen LogP contribution in [-0.4, -0.2) is 84.9 Å². The molecule has 5 atom stereocenters. The topological polar surface area (TPSA) is 171 Å². The smallest absolute Gasteiger partial charge is 0.410 e. The number of amides is 4. The molecule has 4 aliphatic rings. The van der Waals surface area contributed by atoms with Crippen LogP contribution in [0, 0.1) is 11.7 Å². The van der Waals surface area contributed by atoms with E-state index in [0.29, 0.717) is 24.0 Å². The van der Waals surface area contributed by atoms with Gasteiger partial charge in [0.2, 0.25) is 11.8 Å². The summed E-state index contributed by atoms with van der Waals surface area (Å²) >= 11 is 0. The Bertz CT molecular complexity index is 1570. The SMILES string of the molecule is O=C(N[C@H]1CCCCC/C=C\[C@@H]2C[C@@]2(C(=O)O)NC(=O)C2C[C@@H](OC(=O)N3Cc4cccc(F)c4C3)CN2C1=O)c1cnccn1. The zero-order valence-corrected chi connectivity index (χ0v) is 25.1. The number of nitrogens with zero attached hydrogens (tertiary/aromatic N) is 4. The maximum absolute atomic E-state index is 14.3. The number of carbonyl (C=O) groups excluding carboxylic acids is 4. The van der Waals surface area contributed by atoms with Gasteiger partial charge in [0.15, 0.2) is 0 Å². The number of halogens is 1. The molecule has 1 unspecified atom stereocenters. The van der Waals surface area contributed by atoms with Crippen LogP contribution in [0.1, 0.15) is 66.6 Å². The van der Waals surface area contributed by atoms with E-state index in [2.05, 4.69) is 20.6 Å². The summed E-state index contributed by atoms with van der Waals surface area (Å²) in [4.78, 5) is 76.9. The molecule has 3 aliphatic heterocycles. The highest BCUT2D eigenvalue weighted by Crippen LogP contribution is 2.45. The van der Waals surface area contributed by atoms with E-state index in [4.69, 9.17) is 4.74 Å². The van der Waals surface area contributed by atoms with Gasteiger partial charge in [-0.1, -0.05) is 37.1 Å². The third kappa shape index (κ3) is 6.28. The predicted octanol–water partition coefficient (Wildman–Crippen LogP) is 2.32. The Kier molecular flexibility index (Phi) is 8.69. The number of allylic oxidation sites excluding steroid dienone is 1. The van der Waals surface area contributed by atoms with E-state index in [-0.39, 0.29) is 44.6 Å². The third-order valence-corrected chi connectivity index (χ3v) is 9.17. The summed E-state index contributed by atoms with van der Waals surface area (Å²) in [6.45, 7) is 0.0170. The van der Waals surface area contributed by atoms with Crippen molar-refractivity contribution in [3.05, 3.63) is 71.6 Å². The number of benzene rings is 1. The van der Waals surface area contributed by atoms with Crippen LogP contribution in [0.25, 0.3) is 0 Å². The average molecular weight is 635 g/mol. The lowest BCUT2D eigenvalue weighted by atomic mass is 10.0. The molecule has 6 rings (SSSR count). The first-order chi connectivity index (χ1) is 22.2. The van der Waals surface area contributed by atoms with Crippen molar-refractivity contribution in [3.63, 3.8) is 0 Å². The first kappa shape index (κ1) is 31.1. The number of carbonyl (C=O) groups is 5. The molecule has 0 bridgehead atoms. The average Bonchev–Trinajstić information content (AvgIpc) is 3.35. The zero-order chi connectivity index (χ0) is 32.4. The first-order valence-electron chi connectivity index (χ1n) is 15.5. The Morgan fingerprint density at radius 2 is 1.98 bits per heavy atom. The fourth-order valence-electron chi connectivity index (χ4n) is 6.52. The van der Waals surface area contributed by atoms with Crippen molar-refractivity contribution in [1.82, 2.24) is 30.4 Å². The number of hydrogen-bond donors (Lipinski definition) is 3. The summed E-state index contributed by atoms with van der Waals surface area (Å²) in [6, 6.07) is 2.43. The normalized spacial score (nSPS) is 28.5. The van der Waals surface area contributed by atoms with Gasteiger partial charge in [-0.15, -0.1) is 0 Å². The van der Waals surface area contributed by atoms with Crippen LogP contribution in [0.3, 0.4) is 0 Å². The van der Waals surface area contributed by atoms with Gasteiger partial charge in [0.25, 0.3) is 5.91 Å². The molecule has 4 heterocycles. The quantitative estimate of drug-likeness (QED) is 0.427. The number of fused-ring (bicyclic) bond motifs is 3. The van der Waals surface area contributed by atoms with E-state index in [9.17, 15) is 33.5 Å². The van der Waals surface area contributed by atoms with Gasteiger partial charge in [-0.25, -0.2) is 19.0 Å². The number of rotatable bonds is 4. The molecule has 46 heavy (non-hydrogen) atoms. The molecule has 242 valence electrons. The number of ether oxygens (including phenoxy) is 1. The van der Waals surface area contributed by atoms with Crippen molar-refractivity contribution in [2.45, 2.75) is 81.8 Å². The molecule has 3 N–H and O–H groups in total. The largest absolute Gasteiger partial charge is 0.479 e. The van der Waals surface area contributed by atoms with Gasteiger partial charge in [0, 0.05) is 36.8 Å². The van der Waals surface area contributed by atoms with Crippen molar-refractivity contribution < 1.29 is 38.2 Å². The van der Waals surface area contributed by atoms with Crippen LogP contribution in [0.2, 0.25) is 0 Å². The highest BCUT2D eigenvalue weighted by molar-refractivity contribution is 5.98. The van der Waals surface area contributed by atoms with E-state index in [0.717, 1.165) is 12.8 Å². The van der Waals surface area contributed by atoms with Crippen LogP contribution in [0.4, 0.5) is 9.18 Å². The first-order valence-corrected chi connectivity index (χ1v) is 15.5. The van der Waals surface area contributed by atoms with Crippen LogP contribution in [0.5, 0.6) is 0 Å². The summed E-state index contributed by atoms with van der Waals surface area (Å²) < 4.78 is 20.1. The number of aliphatic carboxylic acids is 1. The summed E-state index contributed by atoms with van der Waals surface area (Å²) in [5.41, 5.74) is -0.409. The van der Waals surface area contributed by atoms with Gasteiger partial charge in [-0.2, -0.15) is 0 Å². The van der Waals surface area contributed by atoms with E-state index in [1.54, 1.807) is 12.1 Å². The standard InChI is InChI=1S/C32H35FN6O7/c33-23-9-6-7-19-16-38(18-22(19)23)31(45)46-21-13-26-28(41)37-32(30(43)44)14-20(32)8-4-2-1-3-5-10-24(29(42)39(26)17-21)36-27(40)25-15-34-11-12-35-25/h4,6-9,11-12,15,20-21,24,26H,1-3,5,10,13-14,16-18H2,(H,36,40)(H,37,41)(H,43,44)/b8-4-/t20-,21-,24+,26?,32-/m1/s1. The van der Waals surface area contributed by atoms with E-state index >= 15 is 0 Å². The number of carboxylic acids is 1. The molecular weight excluding hydrogens is 599 g/mol. The Morgan fingerprint density at radius 1 is 1.13 bits per heavy atom. The second-order valence-electron chi connectivity index (χ2n) is 12.2. The third-order valence-electron chi connectivity index (χ3n) is 9.17. The minimum absolute atomic E-state index is 0.0186. The summed E-state index contributed by atoms with van der Waals surface area (Å²) in [7, 11) is 0. The minimum Gasteiger partial charge on any atom is -0.479 e. The zero-order valence-electron chi connectivity index (χ0n) is 25.1. The predicted molar refractivity (Wildman–Crippen MR) is 158 cm³/mol. The Labute approximate surface area is 264 Å². The van der Waals surface area contributed by atoms with E-state index in [1.165, 1.54) is 34.5 Å². The molecule has 0 spiro atoms. The van der Waals surface area contributed by atoms with Crippen molar-refractivity contribution in [1.29, 1.82) is 0 Å². The number of aromatic nitrogens is 2. The Morgan fingerprint density at radius 3 is 2.74 bits per heavy atom. The lowest BCUT2D eigenvalue weighted by molar-refractivity contribution is -0.145. The molecule has 1 saturated heterocycles. The maximum Gasteiger partial charge on any atom is 0.410 e. The summed E-state index contributed by atoms with van der Waals surface area (Å²) in [5, 5.41) is 15.5. The molecule has 2 aromatic rings. The van der Waals surface area contributed by atoms with Crippen LogP contribution < -0.4 is 10.6 Å². The van der Waals surface area contributed by atoms with E-state index in [1.807, 2.05) is 12.2 Å². The van der Waals surface area contributed by atoms with Crippen LogP contribution in [0.15, 0.2) is 48.9 Å². The molecule has 1 aromatic carbocycles. The van der Waals surface area contributed by atoms with Crippen molar-refractivity contribution in [3.8, 4) is 0 Å². The molecule has 13 nitrogen and oxygen atoms in total. The molecule has 1 aliphatic carbocycles. The molecule has 2 fully saturated rings. The maximum atomic E-state index is 14.3. The molecular formula is C32H35FN6O7. The second kappa shape index (κ2) is 12.9.